The number of likely N-dealkylation sites (tertiary alicyclic amines) is 1. The molecule has 0 saturated carbocycles. The molecule has 1 unspecified atom stereocenters. The summed E-state index contributed by atoms with van der Waals surface area (Å²) in [5.74, 6) is -0.291. The minimum atomic E-state index is -0.526. The van der Waals surface area contributed by atoms with Crippen LogP contribution in [0.2, 0.25) is 5.02 Å². The van der Waals surface area contributed by atoms with Crippen LogP contribution in [-0.4, -0.2) is 37.0 Å². The Morgan fingerprint density at radius 1 is 1.58 bits per heavy atom. The number of nitrogens with one attached hydrogen (secondary N) is 1. The molecule has 0 aromatic heterocycles. The maximum Gasteiger partial charge on any atom is 0.238 e. The van der Waals surface area contributed by atoms with Gasteiger partial charge < -0.3 is 11.1 Å². The fourth-order valence-electron chi connectivity index (χ4n) is 2.23. The maximum absolute atomic E-state index is 13.5. The number of halogens is 2. The molecule has 4 nitrogen and oxygen atoms in total. The lowest BCUT2D eigenvalue weighted by Crippen LogP contribution is -2.32. The zero-order chi connectivity index (χ0) is 13.8. The lowest BCUT2D eigenvalue weighted by molar-refractivity contribution is -0.117. The van der Waals surface area contributed by atoms with Crippen LogP contribution in [0.5, 0.6) is 0 Å². The molecule has 0 radical (unpaired) electrons. The van der Waals surface area contributed by atoms with Crippen molar-refractivity contribution in [1.82, 2.24) is 4.90 Å². The van der Waals surface area contributed by atoms with E-state index in [-0.39, 0.29) is 18.1 Å². The number of carbonyl (C=O) groups is 1. The van der Waals surface area contributed by atoms with Crippen molar-refractivity contribution >= 4 is 23.2 Å². The first kappa shape index (κ1) is 14.2. The van der Waals surface area contributed by atoms with Crippen LogP contribution in [0.25, 0.3) is 0 Å². The van der Waals surface area contributed by atoms with Gasteiger partial charge in [0.1, 0.15) is 5.82 Å². The van der Waals surface area contributed by atoms with Crippen LogP contribution < -0.4 is 11.1 Å². The van der Waals surface area contributed by atoms with Crippen molar-refractivity contribution in [3.05, 3.63) is 29.0 Å². The first-order valence-corrected chi connectivity index (χ1v) is 6.63. The van der Waals surface area contributed by atoms with Crippen LogP contribution in [-0.2, 0) is 4.79 Å². The largest absolute Gasteiger partial charge is 0.330 e. The van der Waals surface area contributed by atoms with Gasteiger partial charge in [0.25, 0.3) is 0 Å². The number of hydrogen-bond acceptors (Lipinski definition) is 3. The van der Waals surface area contributed by atoms with E-state index in [2.05, 4.69) is 5.32 Å². The summed E-state index contributed by atoms with van der Waals surface area (Å²) in [7, 11) is 0. The molecule has 1 aromatic carbocycles. The molecule has 1 saturated heterocycles. The summed E-state index contributed by atoms with van der Waals surface area (Å²) in [5.41, 5.74) is 5.75. The minimum absolute atomic E-state index is 0.156. The van der Waals surface area contributed by atoms with Gasteiger partial charge in [-0.1, -0.05) is 11.6 Å². The van der Waals surface area contributed by atoms with E-state index in [9.17, 15) is 9.18 Å². The van der Waals surface area contributed by atoms with E-state index in [4.69, 9.17) is 17.3 Å². The van der Waals surface area contributed by atoms with Crippen molar-refractivity contribution in [2.75, 3.05) is 31.5 Å². The molecule has 6 heteroatoms. The molecule has 1 heterocycles. The first-order valence-electron chi connectivity index (χ1n) is 6.26. The monoisotopic (exact) mass is 285 g/mol. The third-order valence-electron chi connectivity index (χ3n) is 3.28. The Hall–Kier alpha value is -1.17. The van der Waals surface area contributed by atoms with E-state index in [0.29, 0.717) is 17.5 Å². The highest BCUT2D eigenvalue weighted by Gasteiger charge is 2.23. The Labute approximate surface area is 116 Å². The van der Waals surface area contributed by atoms with E-state index >= 15 is 0 Å². The Kier molecular flexibility index (Phi) is 4.74. The molecule has 1 fully saturated rings. The van der Waals surface area contributed by atoms with Gasteiger partial charge in [-0.3, -0.25) is 9.69 Å². The van der Waals surface area contributed by atoms with Gasteiger partial charge >= 0.3 is 0 Å². The first-order chi connectivity index (χ1) is 9.08. The van der Waals surface area contributed by atoms with E-state index in [1.165, 1.54) is 12.1 Å². The van der Waals surface area contributed by atoms with Gasteiger partial charge in [0.2, 0.25) is 5.91 Å². The van der Waals surface area contributed by atoms with Crippen molar-refractivity contribution in [3.8, 4) is 0 Å². The summed E-state index contributed by atoms with van der Waals surface area (Å²) in [4.78, 5) is 13.8. The number of amides is 1. The highest BCUT2D eigenvalue weighted by Crippen LogP contribution is 2.19. The number of benzene rings is 1. The number of nitrogens with two attached hydrogens (primary N) is 1. The molecular weight excluding hydrogens is 269 g/mol. The van der Waals surface area contributed by atoms with Crippen molar-refractivity contribution in [3.63, 3.8) is 0 Å². The molecule has 19 heavy (non-hydrogen) atoms. The van der Waals surface area contributed by atoms with Gasteiger partial charge in [0.15, 0.2) is 0 Å². The molecule has 1 aromatic rings. The third-order valence-corrected chi connectivity index (χ3v) is 3.51. The zero-order valence-corrected chi connectivity index (χ0v) is 11.3. The van der Waals surface area contributed by atoms with Crippen LogP contribution in [0.15, 0.2) is 18.2 Å². The number of hydrogen-bond donors (Lipinski definition) is 2. The molecular formula is C13H17ClFN3O. The van der Waals surface area contributed by atoms with E-state index < -0.39 is 5.82 Å². The Morgan fingerprint density at radius 3 is 3.00 bits per heavy atom. The minimum Gasteiger partial charge on any atom is -0.330 e. The summed E-state index contributed by atoms with van der Waals surface area (Å²) in [6.45, 7) is 2.59. The molecule has 104 valence electrons. The quantitative estimate of drug-likeness (QED) is 0.885. The topological polar surface area (TPSA) is 58.4 Å². The highest BCUT2D eigenvalue weighted by molar-refractivity contribution is 6.30. The van der Waals surface area contributed by atoms with E-state index in [1.807, 2.05) is 4.90 Å². The van der Waals surface area contributed by atoms with Crippen molar-refractivity contribution in [1.29, 1.82) is 0 Å². The van der Waals surface area contributed by atoms with Gasteiger partial charge in [-0.05, 0) is 43.6 Å². The summed E-state index contributed by atoms with van der Waals surface area (Å²) in [6, 6.07) is 4.18. The summed E-state index contributed by atoms with van der Waals surface area (Å²) >= 11 is 5.65. The van der Waals surface area contributed by atoms with Crippen LogP contribution in [0.4, 0.5) is 10.1 Å². The van der Waals surface area contributed by atoms with Crippen LogP contribution in [0.3, 0.4) is 0 Å². The average Bonchev–Trinajstić information content (AvgIpc) is 2.80. The molecule has 1 aliphatic heterocycles. The second kappa shape index (κ2) is 6.32. The predicted molar refractivity (Wildman–Crippen MR) is 73.6 cm³/mol. The summed E-state index contributed by atoms with van der Waals surface area (Å²) < 4.78 is 13.5. The summed E-state index contributed by atoms with van der Waals surface area (Å²) in [6.07, 6.45) is 1.01. The number of anilines is 1. The molecule has 0 bridgehead atoms. The fraction of sp³-hybridized carbons (Fsp3) is 0.462. The van der Waals surface area contributed by atoms with Gasteiger partial charge in [-0.25, -0.2) is 4.39 Å². The maximum atomic E-state index is 13.5. The van der Waals surface area contributed by atoms with E-state index in [0.717, 1.165) is 19.5 Å². The number of rotatable bonds is 4. The SMILES string of the molecule is NCC1CCN(CC(=O)Nc2ccc(Cl)cc2F)C1. The average molecular weight is 286 g/mol. The third kappa shape index (κ3) is 3.89. The van der Waals surface area contributed by atoms with E-state index in [1.54, 1.807) is 6.07 Å². The van der Waals surface area contributed by atoms with Crippen LogP contribution in [0, 0.1) is 11.7 Å². The second-order valence-corrected chi connectivity index (χ2v) is 5.23. The van der Waals surface area contributed by atoms with Crippen molar-refractivity contribution in [2.45, 2.75) is 6.42 Å². The Morgan fingerprint density at radius 2 is 2.37 bits per heavy atom. The Bertz CT molecular complexity index is 469. The number of nitrogens with zero attached hydrogens (tertiary/aromatic N) is 1. The second-order valence-electron chi connectivity index (χ2n) is 4.80. The fourth-order valence-corrected chi connectivity index (χ4v) is 2.39. The van der Waals surface area contributed by atoms with Crippen LogP contribution in [0.1, 0.15) is 6.42 Å². The Balaban J connectivity index is 1.87. The number of carbonyl (C=O) groups excluding carboxylic acids is 1. The van der Waals surface area contributed by atoms with Gasteiger partial charge in [0, 0.05) is 11.6 Å². The predicted octanol–water partition coefficient (Wildman–Crippen LogP) is 1.70. The molecule has 3 N–H and O–H groups in total. The zero-order valence-electron chi connectivity index (χ0n) is 10.5. The van der Waals surface area contributed by atoms with Crippen LogP contribution >= 0.6 is 11.6 Å². The highest BCUT2D eigenvalue weighted by atomic mass is 35.5. The van der Waals surface area contributed by atoms with Crippen molar-refractivity contribution < 1.29 is 9.18 Å². The molecule has 1 aliphatic rings. The molecule has 1 amide bonds. The summed E-state index contributed by atoms with van der Waals surface area (Å²) in [5, 5.41) is 2.86. The van der Waals surface area contributed by atoms with Gasteiger partial charge in [-0.2, -0.15) is 0 Å². The standard InChI is InChI=1S/C13H17ClFN3O/c14-10-1-2-12(11(15)5-10)17-13(19)8-18-4-3-9(6-16)7-18/h1-2,5,9H,3-4,6-8,16H2,(H,17,19). The molecule has 1 atom stereocenters. The lowest BCUT2D eigenvalue weighted by Gasteiger charge is -2.15. The normalized spacial score (nSPS) is 19.6. The van der Waals surface area contributed by atoms with Gasteiger partial charge in [0.05, 0.1) is 12.2 Å². The van der Waals surface area contributed by atoms with Crippen molar-refractivity contribution in [2.24, 2.45) is 11.7 Å². The lowest BCUT2D eigenvalue weighted by atomic mass is 10.1. The van der Waals surface area contributed by atoms with Gasteiger partial charge in [-0.15, -0.1) is 0 Å². The smallest absolute Gasteiger partial charge is 0.238 e. The molecule has 2 rings (SSSR count). The molecule has 0 spiro atoms. The molecule has 0 aliphatic carbocycles.